The van der Waals surface area contributed by atoms with Crippen LogP contribution in [0, 0.1) is 28.1 Å². The lowest BCUT2D eigenvalue weighted by Gasteiger charge is -2.06. The van der Waals surface area contributed by atoms with Crippen molar-refractivity contribution in [1.29, 1.82) is 10.5 Å². The molecule has 0 aromatic rings. The van der Waals surface area contributed by atoms with Crippen LogP contribution in [0.4, 0.5) is 0 Å². The third-order valence-corrected chi connectivity index (χ3v) is 2.41. The van der Waals surface area contributed by atoms with Crippen LogP contribution in [-0.2, 0) is 4.74 Å². The van der Waals surface area contributed by atoms with Crippen LogP contribution >= 0.6 is 0 Å². The summed E-state index contributed by atoms with van der Waals surface area (Å²) in [7, 11) is 0. The first-order valence-electron chi connectivity index (χ1n) is 4.00. The van der Waals surface area contributed by atoms with Gasteiger partial charge in [0.05, 0.1) is 24.3 Å². The Morgan fingerprint density at radius 3 is 2.58 bits per heavy atom. The zero-order valence-corrected chi connectivity index (χ0v) is 6.63. The zero-order valence-electron chi connectivity index (χ0n) is 6.63. The van der Waals surface area contributed by atoms with E-state index in [0.29, 0.717) is 24.4 Å². The largest absolute Gasteiger partial charge is 0.495 e. The van der Waals surface area contributed by atoms with Crippen LogP contribution in [0.5, 0.6) is 0 Å². The first kappa shape index (κ1) is 7.18. The molecule has 0 spiro atoms. The average Bonchev–Trinajstić information content (AvgIpc) is 2.76. The minimum Gasteiger partial charge on any atom is -0.495 e. The maximum Gasteiger partial charge on any atom is 0.130 e. The fourth-order valence-corrected chi connectivity index (χ4v) is 1.50. The Hall–Kier alpha value is -1.48. The lowest BCUT2D eigenvalue weighted by molar-refractivity contribution is 0.214. The van der Waals surface area contributed by atoms with Gasteiger partial charge in [0, 0.05) is 6.42 Å². The molecule has 0 unspecified atom stereocenters. The van der Waals surface area contributed by atoms with E-state index in [4.69, 9.17) is 15.3 Å². The summed E-state index contributed by atoms with van der Waals surface area (Å²) in [6.07, 6.45) is 2.38. The van der Waals surface area contributed by atoms with Crippen LogP contribution in [0.3, 0.4) is 0 Å². The van der Waals surface area contributed by atoms with E-state index >= 15 is 0 Å². The molecule has 2 rings (SSSR count). The number of nitrogens with zero attached hydrogens (tertiary/aromatic N) is 2. The number of nitriles is 2. The second-order valence-corrected chi connectivity index (χ2v) is 3.21. The van der Waals surface area contributed by atoms with Gasteiger partial charge in [-0.25, -0.2) is 0 Å². The Balaban J connectivity index is 2.36. The molecule has 0 aromatic carbocycles. The van der Waals surface area contributed by atoms with Crippen molar-refractivity contribution < 1.29 is 4.74 Å². The third-order valence-electron chi connectivity index (χ3n) is 2.41. The highest BCUT2D eigenvalue weighted by atomic mass is 16.5. The maximum atomic E-state index is 8.86. The smallest absolute Gasteiger partial charge is 0.130 e. The van der Waals surface area contributed by atoms with Gasteiger partial charge in [-0.3, -0.25) is 0 Å². The molecule has 1 aliphatic heterocycles. The fraction of sp³-hybridized carbons (Fsp3) is 0.556. The van der Waals surface area contributed by atoms with E-state index in [1.165, 1.54) is 0 Å². The van der Waals surface area contributed by atoms with Crippen molar-refractivity contribution in [2.24, 2.45) is 5.41 Å². The van der Waals surface area contributed by atoms with Crippen molar-refractivity contribution in [2.45, 2.75) is 19.3 Å². The molecule has 1 saturated carbocycles. The highest BCUT2D eigenvalue weighted by Gasteiger charge is 2.51. The predicted octanol–water partition coefficient (Wildman–Crippen LogP) is 1.49. The van der Waals surface area contributed by atoms with E-state index < -0.39 is 5.41 Å². The summed E-state index contributed by atoms with van der Waals surface area (Å²) in [6.45, 7) is 0.571. The molecule has 12 heavy (non-hydrogen) atoms. The summed E-state index contributed by atoms with van der Waals surface area (Å²) in [6, 6.07) is 4.32. The van der Waals surface area contributed by atoms with E-state index in [1.54, 1.807) is 0 Å². The number of rotatable bonds is 1. The minimum atomic E-state index is -0.415. The van der Waals surface area contributed by atoms with E-state index in [1.807, 2.05) is 0 Å². The lowest BCUT2D eigenvalue weighted by Crippen LogP contribution is -2.02. The van der Waals surface area contributed by atoms with E-state index in [9.17, 15) is 0 Å². The van der Waals surface area contributed by atoms with E-state index in [-0.39, 0.29) is 0 Å². The molecule has 1 aliphatic carbocycles. The maximum absolute atomic E-state index is 8.86. The molecule has 2 aliphatic rings. The molecule has 60 valence electrons. The van der Waals surface area contributed by atoms with Crippen LogP contribution in [-0.4, -0.2) is 6.61 Å². The van der Waals surface area contributed by atoms with Gasteiger partial charge in [0.25, 0.3) is 0 Å². The van der Waals surface area contributed by atoms with Crippen molar-refractivity contribution >= 4 is 0 Å². The average molecular weight is 160 g/mol. The second kappa shape index (κ2) is 2.25. The fourth-order valence-electron chi connectivity index (χ4n) is 1.50. The molecule has 0 N–H and O–H groups in total. The topological polar surface area (TPSA) is 56.8 Å². The molecule has 0 amide bonds. The summed E-state index contributed by atoms with van der Waals surface area (Å²) in [5.41, 5.74) is 0.260. The van der Waals surface area contributed by atoms with Gasteiger partial charge in [-0.05, 0) is 12.8 Å². The van der Waals surface area contributed by atoms with Gasteiger partial charge in [-0.2, -0.15) is 10.5 Å². The van der Waals surface area contributed by atoms with E-state index in [2.05, 4.69) is 12.1 Å². The highest BCUT2D eigenvalue weighted by molar-refractivity contribution is 5.38. The second-order valence-electron chi connectivity index (χ2n) is 3.21. The molecule has 3 nitrogen and oxygen atoms in total. The summed E-state index contributed by atoms with van der Waals surface area (Å²) >= 11 is 0. The molecule has 1 fully saturated rings. The lowest BCUT2D eigenvalue weighted by atomic mass is 10.0. The van der Waals surface area contributed by atoms with Crippen LogP contribution in [0.2, 0.25) is 0 Å². The molecule has 0 atom stereocenters. The predicted molar refractivity (Wildman–Crippen MR) is 40.5 cm³/mol. The van der Waals surface area contributed by atoms with Crippen molar-refractivity contribution in [3.8, 4) is 12.1 Å². The van der Waals surface area contributed by atoms with Gasteiger partial charge < -0.3 is 4.74 Å². The van der Waals surface area contributed by atoms with E-state index in [0.717, 1.165) is 12.8 Å². The Bertz CT molecular complexity index is 325. The summed E-state index contributed by atoms with van der Waals surface area (Å²) < 4.78 is 5.31. The van der Waals surface area contributed by atoms with Gasteiger partial charge >= 0.3 is 0 Å². The van der Waals surface area contributed by atoms with Crippen molar-refractivity contribution in [1.82, 2.24) is 0 Å². The van der Waals surface area contributed by atoms with Gasteiger partial charge in [0.1, 0.15) is 11.2 Å². The molecular weight excluding hydrogens is 152 g/mol. The number of ether oxygens (including phenoxy) is 1. The first-order chi connectivity index (χ1) is 5.82. The zero-order chi connectivity index (χ0) is 8.60. The van der Waals surface area contributed by atoms with Gasteiger partial charge in [0.15, 0.2) is 0 Å². The van der Waals surface area contributed by atoms with Crippen molar-refractivity contribution in [3.63, 3.8) is 0 Å². The van der Waals surface area contributed by atoms with Gasteiger partial charge in [-0.1, -0.05) is 0 Å². The number of hydrogen-bond acceptors (Lipinski definition) is 3. The summed E-state index contributed by atoms with van der Waals surface area (Å²) in [5.74, 6) is 0.660. The number of allylic oxidation sites excluding steroid dienone is 1. The van der Waals surface area contributed by atoms with Crippen LogP contribution in [0.25, 0.3) is 0 Å². The molecule has 1 heterocycles. The SMILES string of the molecule is N#CC1=C(C2(C#N)CC2)OCC1. The van der Waals surface area contributed by atoms with Crippen molar-refractivity contribution in [2.75, 3.05) is 6.61 Å². The van der Waals surface area contributed by atoms with Crippen LogP contribution in [0.15, 0.2) is 11.3 Å². The molecule has 0 aromatic heterocycles. The van der Waals surface area contributed by atoms with Crippen LogP contribution < -0.4 is 0 Å². The third kappa shape index (κ3) is 0.801. The van der Waals surface area contributed by atoms with Gasteiger partial charge in [0.2, 0.25) is 0 Å². The quantitative estimate of drug-likeness (QED) is 0.583. The summed E-state index contributed by atoms with van der Waals surface area (Å²) in [5, 5.41) is 17.6. The highest BCUT2D eigenvalue weighted by Crippen LogP contribution is 2.54. The molecule has 0 radical (unpaired) electrons. The van der Waals surface area contributed by atoms with Crippen LogP contribution in [0.1, 0.15) is 19.3 Å². The Labute approximate surface area is 70.9 Å². The molecular formula is C9H8N2O. The normalized spacial score (nSPS) is 24.2. The summed E-state index contributed by atoms with van der Waals surface area (Å²) in [4.78, 5) is 0. The first-order valence-corrected chi connectivity index (χ1v) is 4.00. The Kier molecular flexibility index (Phi) is 1.35. The number of hydrogen-bond donors (Lipinski definition) is 0. The van der Waals surface area contributed by atoms with Gasteiger partial charge in [-0.15, -0.1) is 0 Å². The Morgan fingerprint density at radius 2 is 2.08 bits per heavy atom. The molecule has 0 bridgehead atoms. The molecule has 3 heteroatoms. The standard InChI is InChI=1S/C9H8N2O/c10-5-7-1-4-12-8(7)9(6-11)2-3-9/h1-4H2. The Morgan fingerprint density at radius 1 is 1.33 bits per heavy atom. The molecule has 0 saturated heterocycles. The minimum absolute atomic E-state index is 0.415. The van der Waals surface area contributed by atoms with Crippen molar-refractivity contribution in [3.05, 3.63) is 11.3 Å². The monoisotopic (exact) mass is 160 g/mol.